The van der Waals surface area contributed by atoms with Crippen LogP contribution in [0.1, 0.15) is 55.2 Å². The third-order valence-corrected chi connectivity index (χ3v) is 6.57. The summed E-state index contributed by atoms with van der Waals surface area (Å²) in [6.45, 7) is 5.60. The lowest BCUT2D eigenvalue weighted by Gasteiger charge is -2.20. The van der Waals surface area contributed by atoms with Gasteiger partial charge in [-0.2, -0.15) is 0 Å². The number of aryl methyl sites for hydroxylation is 1. The van der Waals surface area contributed by atoms with E-state index in [-0.39, 0.29) is 0 Å². The Hall–Kier alpha value is -1.12. The number of hydrogen-bond acceptors (Lipinski definition) is 1. The van der Waals surface area contributed by atoms with Crippen molar-refractivity contribution in [3.8, 4) is 0 Å². The van der Waals surface area contributed by atoms with Crippen molar-refractivity contribution in [3.05, 3.63) is 71.3 Å². The summed E-state index contributed by atoms with van der Waals surface area (Å²) >= 11 is 3.85. The van der Waals surface area contributed by atoms with Crippen LogP contribution in [-0.4, -0.2) is 22.8 Å². The average molecular weight is 400 g/mol. The van der Waals surface area contributed by atoms with Crippen LogP contribution in [0, 0.1) is 0 Å². The molecule has 1 nitrogen and oxygen atoms in total. The van der Waals surface area contributed by atoms with Crippen LogP contribution in [0.15, 0.2) is 54.6 Å². The molecule has 0 heterocycles. The first-order valence-corrected chi connectivity index (χ1v) is 10.7. The fourth-order valence-corrected chi connectivity index (χ4v) is 4.81. The van der Waals surface area contributed by atoms with Gasteiger partial charge in [-0.1, -0.05) is 83.9 Å². The Bertz CT molecular complexity index is 622. The maximum Gasteiger partial charge on any atom is 0.0233 e. The van der Waals surface area contributed by atoms with E-state index in [0.29, 0.717) is 4.83 Å². The van der Waals surface area contributed by atoms with Gasteiger partial charge in [-0.15, -0.1) is 0 Å². The molecule has 2 atom stereocenters. The molecule has 2 aromatic carbocycles. The lowest BCUT2D eigenvalue weighted by atomic mass is 9.96. The second kappa shape index (κ2) is 9.54. The minimum absolute atomic E-state index is 0.675. The lowest BCUT2D eigenvalue weighted by Crippen LogP contribution is -2.24. The molecule has 3 rings (SSSR count). The molecule has 2 heteroatoms. The minimum atomic E-state index is 0.675. The molecule has 1 aliphatic carbocycles. The number of benzene rings is 2. The van der Waals surface area contributed by atoms with Gasteiger partial charge in [0.2, 0.25) is 0 Å². The molecule has 2 aromatic rings. The summed E-state index contributed by atoms with van der Waals surface area (Å²) in [6.07, 6.45) is 6.41. The van der Waals surface area contributed by atoms with E-state index in [4.69, 9.17) is 0 Å². The molecule has 0 aromatic heterocycles. The van der Waals surface area contributed by atoms with Crippen molar-refractivity contribution in [3.63, 3.8) is 0 Å². The Labute approximate surface area is 161 Å². The Morgan fingerprint density at radius 3 is 2.36 bits per heavy atom. The van der Waals surface area contributed by atoms with E-state index in [1.807, 2.05) is 0 Å². The normalized spacial score (nSPS) is 20.3. The topological polar surface area (TPSA) is 3.24 Å². The molecule has 1 saturated carbocycles. The number of nitrogens with zero attached hydrogens (tertiary/aromatic N) is 1. The summed E-state index contributed by atoms with van der Waals surface area (Å²) in [7, 11) is 0. The van der Waals surface area contributed by atoms with Gasteiger partial charge in [-0.05, 0) is 61.4 Å². The highest BCUT2D eigenvalue weighted by Gasteiger charge is 2.25. The quantitative estimate of drug-likeness (QED) is 0.479. The van der Waals surface area contributed by atoms with Gasteiger partial charge < -0.3 is 0 Å². The van der Waals surface area contributed by atoms with E-state index in [0.717, 1.165) is 19.0 Å². The maximum absolute atomic E-state index is 3.85. The summed E-state index contributed by atoms with van der Waals surface area (Å²) in [6, 6.07) is 20.2. The highest BCUT2D eigenvalue weighted by molar-refractivity contribution is 9.09. The van der Waals surface area contributed by atoms with E-state index < -0.39 is 0 Å². The number of rotatable bonds is 8. The molecule has 134 valence electrons. The summed E-state index contributed by atoms with van der Waals surface area (Å²) < 4.78 is 0. The Balaban J connectivity index is 1.46. The van der Waals surface area contributed by atoms with Crippen molar-refractivity contribution < 1.29 is 0 Å². The van der Waals surface area contributed by atoms with Gasteiger partial charge in [-0.3, -0.25) is 4.90 Å². The third-order valence-electron chi connectivity index (χ3n) is 5.48. The van der Waals surface area contributed by atoms with Crippen LogP contribution in [0.5, 0.6) is 0 Å². The van der Waals surface area contributed by atoms with E-state index in [1.54, 1.807) is 0 Å². The van der Waals surface area contributed by atoms with E-state index in [2.05, 4.69) is 82.4 Å². The van der Waals surface area contributed by atoms with Crippen LogP contribution >= 0.6 is 15.9 Å². The van der Waals surface area contributed by atoms with Gasteiger partial charge in [0.05, 0.1) is 0 Å². The van der Waals surface area contributed by atoms with Gasteiger partial charge in [0.25, 0.3) is 0 Å². The molecule has 1 fully saturated rings. The zero-order chi connectivity index (χ0) is 17.5. The van der Waals surface area contributed by atoms with Gasteiger partial charge >= 0.3 is 0 Å². The Kier molecular flexibility index (Phi) is 7.12. The highest BCUT2D eigenvalue weighted by Crippen LogP contribution is 2.39. The van der Waals surface area contributed by atoms with Crippen LogP contribution in [0.4, 0.5) is 0 Å². The first-order chi connectivity index (χ1) is 12.3. The molecule has 0 amide bonds. The SMILES string of the molecule is CCN(CCCc1ccc(C2CCCC2Br)cc1)Cc1ccccc1. The van der Waals surface area contributed by atoms with E-state index in [1.165, 1.54) is 55.3 Å². The molecule has 0 N–H and O–H groups in total. The van der Waals surface area contributed by atoms with Crippen molar-refractivity contribution in [2.75, 3.05) is 13.1 Å². The lowest BCUT2D eigenvalue weighted by molar-refractivity contribution is 0.276. The summed E-state index contributed by atoms with van der Waals surface area (Å²) in [5, 5.41) is 0. The zero-order valence-electron chi connectivity index (χ0n) is 15.3. The number of alkyl halides is 1. The third kappa shape index (κ3) is 5.43. The van der Waals surface area contributed by atoms with Crippen LogP contribution in [-0.2, 0) is 13.0 Å². The Morgan fingerprint density at radius 2 is 1.72 bits per heavy atom. The summed E-state index contributed by atoms with van der Waals surface area (Å²) in [5.74, 6) is 0.718. The fourth-order valence-electron chi connectivity index (χ4n) is 3.92. The van der Waals surface area contributed by atoms with Crippen molar-refractivity contribution in [2.24, 2.45) is 0 Å². The predicted molar refractivity (Wildman–Crippen MR) is 111 cm³/mol. The predicted octanol–water partition coefficient (Wildman–Crippen LogP) is 6.17. The number of halogens is 1. The number of hydrogen-bond donors (Lipinski definition) is 0. The average Bonchev–Trinajstić information content (AvgIpc) is 3.08. The monoisotopic (exact) mass is 399 g/mol. The highest BCUT2D eigenvalue weighted by atomic mass is 79.9. The van der Waals surface area contributed by atoms with Crippen molar-refractivity contribution in [1.82, 2.24) is 4.90 Å². The van der Waals surface area contributed by atoms with Gasteiger partial charge in [0.15, 0.2) is 0 Å². The molecule has 0 aliphatic heterocycles. The molecular weight excluding hydrogens is 370 g/mol. The van der Waals surface area contributed by atoms with Gasteiger partial charge in [0.1, 0.15) is 0 Å². The van der Waals surface area contributed by atoms with E-state index >= 15 is 0 Å². The summed E-state index contributed by atoms with van der Waals surface area (Å²) in [4.78, 5) is 3.21. The standard InChI is InChI=1S/C23H30BrN/c1-2-25(18-20-8-4-3-5-9-20)17-7-10-19-13-15-21(16-14-19)22-11-6-12-23(22)24/h3-5,8-9,13-16,22-23H,2,6-7,10-12,17-18H2,1H3. The molecule has 0 saturated heterocycles. The first kappa shape index (κ1) is 18.7. The second-order valence-corrected chi connectivity index (χ2v) is 8.43. The largest absolute Gasteiger partial charge is 0.299 e. The van der Waals surface area contributed by atoms with Crippen LogP contribution in [0.2, 0.25) is 0 Å². The zero-order valence-corrected chi connectivity index (χ0v) is 16.9. The van der Waals surface area contributed by atoms with Gasteiger partial charge in [-0.25, -0.2) is 0 Å². The molecule has 1 aliphatic rings. The first-order valence-electron chi connectivity index (χ1n) is 9.75. The van der Waals surface area contributed by atoms with Crippen molar-refractivity contribution in [1.29, 1.82) is 0 Å². The smallest absolute Gasteiger partial charge is 0.0233 e. The molecule has 0 bridgehead atoms. The Morgan fingerprint density at radius 1 is 0.960 bits per heavy atom. The molecular formula is C23H30BrN. The molecule has 0 spiro atoms. The van der Waals surface area contributed by atoms with Crippen molar-refractivity contribution >= 4 is 15.9 Å². The van der Waals surface area contributed by atoms with Crippen LogP contribution in [0.3, 0.4) is 0 Å². The summed E-state index contributed by atoms with van der Waals surface area (Å²) in [5.41, 5.74) is 4.40. The van der Waals surface area contributed by atoms with Crippen LogP contribution in [0.25, 0.3) is 0 Å². The van der Waals surface area contributed by atoms with Gasteiger partial charge in [0, 0.05) is 11.4 Å². The maximum atomic E-state index is 3.85. The second-order valence-electron chi connectivity index (χ2n) is 7.25. The van der Waals surface area contributed by atoms with Crippen LogP contribution < -0.4 is 0 Å². The van der Waals surface area contributed by atoms with E-state index in [9.17, 15) is 0 Å². The van der Waals surface area contributed by atoms with Crippen molar-refractivity contribution in [2.45, 2.75) is 56.3 Å². The fraction of sp³-hybridized carbons (Fsp3) is 0.478. The molecule has 2 unspecified atom stereocenters. The minimum Gasteiger partial charge on any atom is -0.299 e. The molecule has 25 heavy (non-hydrogen) atoms. The molecule has 0 radical (unpaired) electrons.